The van der Waals surface area contributed by atoms with Gasteiger partial charge in [-0.3, -0.25) is 4.79 Å². The molecule has 1 heterocycles. The number of rotatable bonds is 3. The van der Waals surface area contributed by atoms with E-state index >= 15 is 0 Å². The Kier molecular flexibility index (Phi) is 2.47. The first-order valence-corrected chi connectivity index (χ1v) is 6.37. The molecule has 0 saturated carbocycles. The monoisotopic (exact) mass is 240 g/mol. The van der Waals surface area contributed by atoms with Crippen LogP contribution in [0.5, 0.6) is 0 Å². The summed E-state index contributed by atoms with van der Waals surface area (Å²) in [5, 5.41) is 2.00. The lowest BCUT2D eigenvalue weighted by molar-refractivity contribution is 0.0993. The van der Waals surface area contributed by atoms with Crippen LogP contribution >= 0.6 is 0 Å². The van der Waals surface area contributed by atoms with Gasteiger partial charge in [0.25, 0.3) is 5.91 Å². The lowest BCUT2D eigenvalue weighted by Crippen LogP contribution is -2.27. The topological polar surface area (TPSA) is 46.3 Å². The number of nitrogen functional groups attached to an aromatic ring is 1. The highest BCUT2D eigenvalue weighted by atomic mass is 16.2. The second-order valence-electron chi connectivity index (χ2n) is 4.71. The molecule has 3 rings (SSSR count). The predicted molar refractivity (Wildman–Crippen MR) is 74.9 cm³/mol. The Morgan fingerprint density at radius 1 is 1.22 bits per heavy atom. The van der Waals surface area contributed by atoms with Gasteiger partial charge < -0.3 is 10.6 Å². The first-order valence-electron chi connectivity index (χ1n) is 6.37. The molecule has 0 atom stereocenters. The predicted octanol–water partition coefficient (Wildman–Crippen LogP) is 3.18. The first kappa shape index (κ1) is 11.1. The summed E-state index contributed by atoms with van der Waals surface area (Å²) in [6.45, 7) is 2.91. The number of hydrogen-bond donors (Lipinski definition) is 1. The van der Waals surface area contributed by atoms with Crippen LogP contribution in [0.4, 0.5) is 11.4 Å². The summed E-state index contributed by atoms with van der Waals surface area (Å²) in [6, 6.07) is 9.62. The highest BCUT2D eigenvalue weighted by Crippen LogP contribution is 2.39. The molecule has 92 valence electrons. The zero-order valence-electron chi connectivity index (χ0n) is 10.4. The van der Waals surface area contributed by atoms with E-state index in [1.54, 1.807) is 0 Å². The van der Waals surface area contributed by atoms with Crippen LogP contribution in [0.3, 0.4) is 0 Å². The zero-order valence-corrected chi connectivity index (χ0v) is 10.4. The molecule has 0 aromatic heterocycles. The van der Waals surface area contributed by atoms with Crippen molar-refractivity contribution in [1.29, 1.82) is 0 Å². The van der Waals surface area contributed by atoms with Gasteiger partial charge in [0.05, 0.1) is 5.69 Å². The fourth-order valence-electron chi connectivity index (χ4n) is 2.61. The van der Waals surface area contributed by atoms with Crippen molar-refractivity contribution in [2.45, 2.75) is 19.8 Å². The number of unbranched alkanes of at least 4 members (excludes halogenated alkanes) is 1. The smallest absolute Gasteiger partial charge is 0.258 e. The van der Waals surface area contributed by atoms with Gasteiger partial charge in [-0.25, -0.2) is 0 Å². The molecule has 0 aliphatic carbocycles. The summed E-state index contributed by atoms with van der Waals surface area (Å²) in [7, 11) is 0. The van der Waals surface area contributed by atoms with E-state index in [4.69, 9.17) is 5.73 Å². The number of nitrogens with zero attached hydrogens (tertiary/aromatic N) is 1. The number of nitrogens with two attached hydrogens (primary N) is 1. The summed E-state index contributed by atoms with van der Waals surface area (Å²) < 4.78 is 0. The Labute approximate surface area is 106 Å². The Balaban J connectivity index is 2.21. The van der Waals surface area contributed by atoms with Crippen molar-refractivity contribution in [2.75, 3.05) is 17.2 Å². The minimum Gasteiger partial charge on any atom is -0.398 e. The highest BCUT2D eigenvalue weighted by Gasteiger charge is 2.29. The van der Waals surface area contributed by atoms with Crippen molar-refractivity contribution < 1.29 is 4.79 Å². The van der Waals surface area contributed by atoms with Crippen LogP contribution in [0.1, 0.15) is 30.1 Å². The van der Waals surface area contributed by atoms with Crippen molar-refractivity contribution in [3.63, 3.8) is 0 Å². The molecule has 0 unspecified atom stereocenters. The lowest BCUT2D eigenvalue weighted by Gasteiger charge is -2.17. The van der Waals surface area contributed by atoms with E-state index in [1.807, 2.05) is 35.2 Å². The van der Waals surface area contributed by atoms with Crippen LogP contribution in [0.2, 0.25) is 0 Å². The van der Waals surface area contributed by atoms with E-state index in [-0.39, 0.29) is 5.91 Å². The third kappa shape index (κ3) is 1.40. The van der Waals surface area contributed by atoms with Gasteiger partial charge in [-0.05, 0) is 24.6 Å². The molecule has 2 N–H and O–H groups in total. The van der Waals surface area contributed by atoms with Gasteiger partial charge in [-0.15, -0.1) is 0 Å². The molecule has 18 heavy (non-hydrogen) atoms. The third-order valence-electron chi connectivity index (χ3n) is 3.55. The van der Waals surface area contributed by atoms with E-state index < -0.39 is 0 Å². The summed E-state index contributed by atoms with van der Waals surface area (Å²) in [4.78, 5) is 14.3. The molecule has 1 aliphatic heterocycles. The van der Waals surface area contributed by atoms with Crippen LogP contribution in [-0.2, 0) is 0 Å². The van der Waals surface area contributed by atoms with E-state index in [1.165, 1.54) is 0 Å². The molecule has 1 amide bonds. The zero-order chi connectivity index (χ0) is 12.7. The number of carbonyl (C=O) groups is 1. The SMILES string of the molecule is CCCCN1C(=O)c2cccc3c(N)ccc1c23. The van der Waals surface area contributed by atoms with Gasteiger partial charge in [-0.2, -0.15) is 0 Å². The number of carbonyl (C=O) groups excluding carboxylic acids is 1. The van der Waals surface area contributed by atoms with Gasteiger partial charge in [-0.1, -0.05) is 25.5 Å². The van der Waals surface area contributed by atoms with Crippen molar-refractivity contribution >= 4 is 28.1 Å². The Morgan fingerprint density at radius 2 is 2.06 bits per heavy atom. The van der Waals surface area contributed by atoms with Gasteiger partial charge in [0.1, 0.15) is 0 Å². The van der Waals surface area contributed by atoms with E-state index in [0.717, 1.165) is 47.1 Å². The molecule has 3 nitrogen and oxygen atoms in total. The maximum Gasteiger partial charge on any atom is 0.258 e. The van der Waals surface area contributed by atoms with Crippen LogP contribution in [-0.4, -0.2) is 12.5 Å². The average Bonchev–Trinajstić information content (AvgIpc) is 2.66. The minimum atomic E-state index is 0.106. The largest absolute Gasteiger partial charge is 0.398 e. The molecule has 3 heteroatoms. The summed E-state index contributed by atoms with van der Waals surface area (Å²) >= 11 is 0. The van der Waals surface area contributed by atoms with Crippen LogP contribution in [0, 0.1) is 0 Å². The Morgan fingerprint density at radius 3 is 2.83 bits per heavy atom. The minimum absolute atomic E-state index is 0.106. The molecule has 0 saturated heterocycles. The summed E-state index contributed by atoms with van der Waals surface area (Å²) in [5.74, 6) is 0.106. The van der Waals surface area contributed by atoms with Crippen molar-refractivity contribution in [1.82, 2.24) is 0 Å². The average molecular weight is 240 g/mol. The third-order valence-corrected chi connectivity index (χ3v) is 3.55. The molecule has 2 aromatic carbocycles. The van der Waals surface area contributed by atoms with Crippen LogP contribution in [0.25, 0.3) is 10.8 Å². The van der Waals surface area contributed by atoms with Crippen LogP contribution < -0.4 is 10.6 Å². The second-order valence-corrected chi connectivity index (χ2v) is 4.71. The molecule has 0 radical (unpaired) electrons. The van der Waals surface area contributed by atoms with E-state index in [9.17, 15) is 4.79 Å². The molecule has 0 fully saturated rings. The summed E-state index contributed by atoms with van der Waals surface area (Å²) in [5.41, 5.74) is 8.51. The number of amides is 1. The molecule has 1 aliphatic rings. The number of anilines is 2. The standard InChI is InChI=1S/C15H16N2O/c1-2-3-9-17-13-8-7-12(16)10-5-4-6-11(14(10)13)15(17)18/h4-8H,2-3,9,16H2,1H3. The van der Waals surface area contributed by atoms with Gasteiger partial charge in [0.2, 0.25) is 0 Å². The van der Waals surface area contributed by atoms with Gasteiger partial charge in [0.15, 0.2) is 0 Å². The van der Waals surface area contributed by atoms with Gasteiger partial charge in [0, 0.05) is 28.6 Å². The first-order chi connectivity index (χ1) is 8.74. The number of benzene rings is 2. The molecular weight excluding hydrogens is 224 g/mol. The fraction of sp³-hybridized carbons (Fsp3) is 0.267. The number of hydrogen-bond acceptors (Lipinski definition) is 2. The van der Waals surface area contributed by atoms with E-state index in [2.05, 4.69) is 6.92 Å². The maximum absolute atomic E-state index is 12.4. The quantitative estimate of drug-likeness (QED) is 0.837. The van der Waals surface area contributed by atoms with Crippen molar-refractivity contribution in [3.8, 4) is 0 Å². The van der Waals surface area contributed by atoms with Gasteiger partial charge >= 0.3 is 0 Å². The molecular formula is C15H16N2O. The maximum atomic E-state index is 12.4. The van der Waals surface area contributed by atoms with Crippen LogP contribution in [0.15, 0.2) is 30.3 Å². The normalized spacial score (nSPS) is 13.6. The Hall–Kier alpha value is -2.03. The fourth-order valence-corrected chi connectivity index (χ4v) is 2.61. The van der Waals surface area contributed by atoms with Crippen molar-refractivity contribution in [2.24, 2.45) is 0 Å². The highest BCUT2D eigenvalue weighted by molar-refractivity contribution is 6.26. The van der Waals surface area contributed by atoms with E-state index in [0.29, 0.717) is 0 Å². The Bertz CT molecular complexity index is 634. The lowest BCUT2D eigenvalue weighted by atomic mass is 10.0. The molecule has 0 spiro atoms. The molecule has 0 bridgehead atoms. The molecule has 2 aromatic rings. The van der Waals surface area contributed by atoms with Crippen molar-refractivity contribution in [3.05, 3.63) is 35.9 Å². The second kappa shape index (κ2) is 4.02. The summed E-state index contributed by atoms with van der Waals surface area (Å²) in [6.07, 6.45) is 2.10.